The molecule has 0 saturated heterocycles. The number of hydrogen-bond donors (Lipinski definition) is 2. The average Bonchev–Trinajstić information content (AvgIpc) is 2.76. The van der Waals surface area contributed by atoms with Crippen LogP contribution in [-0.4, -0.2) is 60.2 Å². The van der Waals surface area contributed by atoms with Crippen LogP contribution in [0, 0.1) is 6.92 Å². The predicted octanol–water partition coefficient (Wildman–Crippen LogP) is 4.36. The quantitative estimate of drug-likeness (QED) is 0.570. The maximum Gasteiger partial charge on any atom is 0.303 e. The molecular weight excluding hydrogens is 424 g/mol. The Hall–Kier alpha value is -3.65. The van der Waals surface area contributed by atoms with Crippen molar-refractivity contribution in [1.82, 2.24) is 4.90 Å². The molecule has 0 amide bonds. The molecule has 0 atom stereocenters. The lowest BCUT2D eigenvalue weighted by Crippen LogP contribution is -2.20. The van der Waals surface area contributed by atoms with Crippen molar-refractivity contribution in [3.8, 4) is 5.75 Å². The highest BCUT2D eigenvalue weighted by molar-refractivity contribution is 6.00. The minimum Gasteiger partial charge on any atom is -0.481 e. The van der Waals surface area contributed by atoms with E-state index >= 15 is 0 Å². The Balaban J connectivity index is 0.000000414. The van der Waals surface area contributed by atoms with Crippen LogP contribution in [0.4, 0.5) is 5.69 Å². The van der Waals surface area contributed by atoms with Gasteiger partial charge in [0.05, 0.1) is 19.4 Å². The molecular formula is C25H30N2O6. The highest BCUT2D eigenvalue weighted by atomic mass is 16.5. The van der Waals surface area contributed by atoms with Gasteiger partial charge in [0.25, 0.3) is 5.90 Å². The molecule has 0 aromatic heterocycles. The van der Waals surface area contributed by atoms with Gasteiger partial charge in [0, 0.05) is 6.54 Å². The van der Waals surface area contributed by atoms with Crippen LogP contribution in [0.5, 0.6) is 5.75 Å². The van der Waals surface area contributed by atoms with Crippen LogP contribution < -0.4 is 4.74 Å². The molecule has 0 radical (unpaired) electrons. The summed E-state index contributed by atoms with van der Waals surface area (Å²) in [7, 11) is 4.11. The van der Waals surface area contributed by atoms with E-state index in [1.807, 2.05) is 61.5 Å². The first kappa shape index (κ1) is 25.6. The van der Waals surface area contributed by atoms with Crippen LogP contribution in [0.2, 0.25) is 0 Å². The van der Waals surface area contributed by atoms with Gasteiger partial charge >= 0.3 is 11.9 Å². The summed E-state index contributed by atoms with van der Waals surface area (Å²) in [5.41, 5.74) is 3.01. The maximum absolute atomic E-state index is 9.64. The van der Waals surface area contributed by atoms with Crippen LogP contribution in [0.25, 0.3) is 6.08 Å². The average molecular weight is 455 g/mol. The number of carboxylic acid groups (broad SMARTS) is 2. The van der Waals surface area contributed by atoms with E-state index in [1.54, 1.807) is 0 Å². The minimum absolute atomic E-state index is 0.296. The summed E-state index contributed by atoms with van der Waals surface area (Å²) in [4.78, 5) is 26.1. The van der Waals surface area contributed by atoms with Gasteiger partial charge in [-0.25, -0.2) is 4.99 Å². The summed E-state index contributed by atoms with van der Waals surface area (Å²) in [5, 5.41) is 15.8. The number of aryl methyl sites for hydroxylation is 1. The number of carboxylic acids is 2. The predicted molar refractivity (Wildman–Crippen MR) is 127 cm³/mol. The summed E-state index contributed by atoms with van der Waals surface area (Å²) in [6, 6.07) is 16.1. The first-order chi connectivity index (χ1) is 15.7. The van der Waals surface area contributed by atoms with E-state index in [0.29, 0.717) is 18.3 Å². The molecule has 176 valence electrons. The largest absolute Gasteiger partial charge is 0.481 e. The zero-order valence-electron chi connectivity index (χ0n) is 19.2. The normalized spacial score (nSPS) is 13.3. The van der Waals surface area contributed by atoms with E-state index in [-0.39, 0.29) is 12.8 Å². The van der Waals surface area contributed by atoms with Gasteiger partial charge in [-0.3, -0.25) is 9.59 Å². The van der Waals surface area contributed by atoms with E-state index in [0.717, 1.165) is 35.5 Å². The van der Waals surface area contributed by atoms with Gasteiger partial charge in [-0.15, -0.1) is 0 Å². The Labute approximate surface area is 193 Å². The summed E-state index contributed by atoms with van der Waals surface area (Å²) in [6.07, 6.45) is 2.31. The molecule has 0 fully saturated rings. The Morgan fingerprint density at radius 3 is 2.33 bits per heavy atom. The van der Waals surface area contributed by atoms with Crippen molar-refractivity contribution in [2.24, 2.45) is 4.99 Å². The van der Waals surface area contributed by atoms with Crippen molar-refractivity contribution in [2.45, 2.75) is 26.2 Å². The lowest BCUT2D eigenvalue weighted by atomic mass is 10.1. The Kier molecular flexibility index (Phi) is 10.1. The number of aliphatic imine (C=N–C) groups is 1. The Morgan fingerprint density at radius 2 is 1.73 bits per heavy atom. The van der Waals surface area contributed by atoms with Gasteiger partial charge in [0.1, 0.15) is 5.69 Å². The van der Waals surface area contributed by atoms with Crippen molar-refractivity contribution >= 4 is 29.6 Å². The number of rotatable bonds is 8. The van der Waals surface area contributed by atoms with Gasteiger partial charge in [0.15, 0.2) is 11.5 Å². The van der Waals surface area contributed by atoms with Crippen LogP contribution in [0.1, 0.15) is 30.4 Å². The molecule has 1 heterocycles. The lowest BCUT2D eigenvalue weighted by molar-refractivity contribution is -0.143. The van der Waals surface area contributed by atoms with E-state index < -0.39 is 11.9 Å². The molecule has 2 aromatic rings. The van der Waals surface area contributed by atoms with Crippen molar-refractivity contribution in [1.29, 1.82) is 0 Å². The second-order valence-corrected chi connectivity index (χ2v) is 7.70. The molecule has 0 saturated carbocycles. The van der Waals surface area contributed by atoms with Gasteiger partial charge < -0.3 is 24.6 Å². The second-order valence-electron chi connectivity index (χ2n) is 7.70. The third-order valence-corrected chi connectivity index (χ3v) is 4.41. The molecule has 8 nitrogen and oxygen atoms in total. The fourth-order valence-electron chi connectivity index (χ4n) is 2.79. The summed E-state index contributed by atoms with van der Waals surface area (Å²) in [5.74, 6) is -0.207. The number of fused-ring (bicyclic) bond motifs is 1. The third kappa shape index (κ3) is 9.57. The van der Waals surface area contributed by atoms with Gasteiger partial charge in [0.2, 0.25) is 0 Å². The number of nitrogens with zero attached hydrogens (tertiary/aromatic N) is 2. The Morgan fingerprint density at radius 1 is 1.06 bits per heavy atom. The molecule has 1 aliphatic heterocycles. The molecule has 8 heteroatoms. The standard InChI is InChI=1S/C21H24N2O2.C4H6O4/c1-16-10-11-19-18(14-16)22-21(24-13-7-12-23(2)3)20(25-19)15-17-8-5-4-6-9-17;5-3(6)1-2-4(7)8/h4-6,8-11,14-15H,7,12-13H2,1-3H3;1-2H2,(H,5,6)(H,7,8)/b20-15-;. The van der Waals surface area contributed by atoms with E-state index in [1.165, 1.54) is 0 Å². The first-order valence-corrected chi connectivity index (χ1v) is 10.6. The van der Waals surface area contributed by atoms with Crippen molar-refractivity contribution < 1.29 is 29.3 Å². The number of benzene rings is 2. The molecule has 0 spiro atoms. The fourth-order valence-corrected chi connectivity index (χ4v) is 2.79. The number of carbonyl (C=O) groups is 2. The van der Waals surface area contributed by atoms with Gasteiger partial charge in [-0.2, -0.15) is 0 Å². The zero-order valence-corrected chi connectivity index (χ0v) is 19.2. The molecule has 3 rings (SSSR count). The van der Waals surface area contributed by atoms with Crippen molar-refractivity contribution in [3.63, 3.8) is 0 Å². The van der Waals surface area contributed by atoms with Crippen molar-refractivity contribution in [2.75, 3.05) is 27.2 Å². The minimum atomic E-state index is -1.08. The third-order valence-electron chi connectivity index (χ3n) is 4.41. The molecule has 0 aliphatic carbocycles. The smallest absolute Gasteiger partial charge is 0.303 e. The summed E-state index contributed by atoms with van der Waals surface area (Å²) >= 11 is 0. The molecule has 0 unspecified atom stereocenters. The van der Waals surface area contributed by atoms with Crippen LogP contribution >= 0.6 is 0 Å². The number of hydrogen-bond acceptors (Lipinski definition) is 6. The Bertz CT molecular complexity index is 985. The summed E-state index contributed by atoms with van der Waals surface area (Å²) in [6.45, 7) is 3.62. The number of aliphatic carboxylic acids is 2. The van der Waals surface area contributed by atoms with Crippen LogP contribution in [-0.2, 0) is 14.3 Å². The topological polar surface area (TPSA) is 109 Å². The van der Waals surface area contributed by atoms with Crippen LogP contribution in [0.3, 0.4) is 0 Å². The fraction of sp³-hybridized carbons (Fsp3) is 0.320. The monoisotopic (exact) mass is 454 g/mol. The molecule has 2 aromatic carbocycles. The highest BCUT2D eigenvalue weighted by Gasteiger charge is 2.20. The zero-order chi connectivity index (χ0) is 24.2. The summed E-state index contributed by atoms with van der Waals surface area (Å²) < 4.78 is 12.0. The lowest BCUT2D eigenvalue weighted by Gasteiger charge is -2.20. The molecule has 1 aliphatic rings. The molecule has 0 bridgehead atoms. The van der Waals surface area contributed by atoms with E-state index in [2.05, 4.69) is 24.0 Å². The maximum atomic E-state index is 9.64. The SMILES string of the molecule is Cc1ccc2c(c1)N=C(OCCCN(C)C)/C(=C/c1ccccc1)O2.O=C(O)CCC(=O)O. The molecule has 33 heavy (non-hydrogen) atoms. The highest BCUT2D eigenvalue weighted by Crippen LogP contribution is 2.35. The van der Waals surface area contributed by atoms with Crippen molar-refractivity contribution in [3.05, 3.63) is 65.4 Å². The van der Waals surface area contributed by atoms with E-state index in [9.17, 15) is 9.59 Å². The van der Waals surface area contributed by atoms with E-state index in [4.69, 9.17) is 19.7 Å². The first-order valence-electron chi connectivity index (χ1n) is 10.6. The second kappa shape index (κ2) is 13.0. The number of ether oxygens (including phenoxy) is 2. The molecule has 2 N–H and O–H groups in total. The van der Waals surface area contributed by atoms with Crippen LogP contribution in [0.15, 0.2) is 59.3 Å². The van der Waals surface area contributed by atoms with Gasteiger partial charge in [-0.1, -0.05) is 36.4 Å². The van der Waals surface area contributed by atoms with Gasteiger partial charge in [-0.05, 0) is 56.8 Å².